The first-order chi connectivity index (χ1) is 13.7. The summed E-state index contributed by atoms with van der Waals surface area (Å²) in [5.41, 5.74) is 1.21. The molecule has 0 unspecified atom stereocenters. The fourth-order valence-corrected chi connectivity index (χ4v) is 4.09. The van der Waals surface area contributed by atoms with Gasteiger partial charge in [-0.3, -0.25) is 14.5 Å². The Bertz CT molecular complexity index is 645. The molecule has 1 saturated carbocycles. The molecule has 1 aliphatic carbocycles. The maximum Gasteiger partial charge on any atom is 0.242 e. The monoisotopic (exact) mass is 383 g/mol. The zero-order valence-electron chi connectivity index (χ0n) is 16.8. The molecule has 1 aromatic rings. The zero-order valence-corrected chi connectivity index (χ0v) is 16.8. The fourth-order valence-electron chi connectivity index (χ4n) is 4.09. The first kappa shape index (κ1) is 20.6. The van der Waals surface area contributed by atoms with E-state index in [1.54, 1.807) is 0 Å². The molecule has 2 amide bonds. The zero-order chi connectivity index (χ0) is 19.6. The SMILES string of the molecule is O=C(CC1CCCCC1)NCC(=O)N1CCN(C/C=C/c2ccccc2)CC1. The molecule has 0 aromatic heterocycles. The Labute approximate surface area is 168 Å². The van der Waals surface area contributed by atoms with Crippen LogP contribution in [0.3, 0.4) is 0 Å². The second kappa shape index (κ2) is 11.0. The lowest BCUT2D eigenvalue weighted by molar-refractivity contribution is -0.134. The molecule has 28 heavy (non-hydrogen) atoms. The summed E-state index contributed by atoms with van der Waals surface area (Å²) in [6.07, 6.45) is 11.0. The molecule has 152 valence electrons. The van der Waals surface area contributed by atoms with E-state index in [4.69, 9.17) is 0 Å². The molecule has 1 N–H and O–H groups in total. The Hall–Kier alpha value is -2.14. The average Bonchev–Trinajstić information content (AvgIpc) is 2.74. The second-order valence-corrected chi connectivity index (χ2v) is 7.98. The molecule has 1 aliphatic heterocycles. The number of carbonyl (C=O) groups is 2. The highest BCUT2D eigenvalue weighted by Gasteiger charge is 2.21. The van der Waals surface area contributed by atoms with Gasteiger partial charge in [0.25, 0.3) is 0 Å². The van der Waals surface area contributed by atoms with Gasteiger partial charge in [0.1, 0.15) is 0 Å². The number of nitrogens with zero attached hydrogens (tertiary/aromatic N) is 2. The predicted octanol–water partition coefficient (Wildman–Crippen LogP) is 2.93. The van der Waals surface area contributed by atoms with Gasteiger partial charge >= 0.3 is 0 Å². The average molecular weight is 384 g/mol. The van der Waals surface area contributed by atoms with Gasteiger partial charge in [0.2, 0.25) is 11.8 Å². The van der Waals surface area contributed by atoms with E-state index in [2.05, 4.69) is 34.5 Å². The van der Waals surface area contributed by atoms with Gasteiger partial charge in [-0.1, -0.05) is 61.7 Å². The van der Waals surface area contributed by atoms with Crippen LogP contribution in [0.1, 0.15) is 44.1 Å². The number of hydrogen-bond donors (Lipinski definition) is 1. The van der Waals surface area contributed by atoms with E-state index < -0.39 is 0 Å². The van der Waals surface area contributed by atoms with Gasteiger partial charge < -0.3 is 10.2 Å². The molecule has 2 fully saturated rings. The fraction of sp³-hybridized carbons (Fsp3) is 0.565. The summed E-state index contributed by atoms with van der Waals surface area (Å²) < 4.78 is 0. The van der Waals surface area contributed by atoms with Crippen LogP contribution in [-0.2, 0) is 9.59 Å². The van der Waals surface area contributed by atoms with E-state index in [0.29, 0.717) is 12.3 Å². The van der Waals surface area contributed by atoms with Crippen molar-refractivity contribution in [3.05, 3.63) is 42.0 Å². The summed E-state index contributed by atoms with van der Waals surface area (Å²) in [6.45, 7) is 4.25. The summed E-state index contributed by atoms with van der Waals surface area (Å²) in [5, 5.41) is 2.84. The number of benzene rings is 1. The number of nitrogens with one attached hydrogen (secondary N) is 1. The van der Waals surface area contributed by atoms with E-state index in [0.717, 1.165) is 45.6 Å². The van der Waals surface area contributed by atoms with Crippen molar-refractivity contribution in [3.8, 4) is 0 Å². The highest BCUT2D eigenvalue weighted by atomic mass is 16.2. The van der Waals surface area contributed by atoms with Crippen molar-refractivity contribution in [1.29, 1.82) is 0 Å². The molecule has 0 atom stereocenters. The van der Waals surface area contributed by atoms with Crippen LogP contribution in [0.15, 0.2) is 36.4 Å². The molecule has 5 heteroatoms. The summed E-state index contributed by atoms with van der Waals surface area (Å²) in [6, 6.07) is 10.3. The first-order valence-corrected chi connectivity index (χ1v) is 10.7. The van der Waals surface area contributed by atoms with Crippen LogP contribution >= 0.6 is 0 Å². The predicted molar refractivity (Wildman–Crippen MR) is 113 cm³/mol. The Balaban J connectivity index is 1.31. The highest BCUT2D eigenvalue weighted by Crippen LogP contribution is 2.25. The standard InChI is InChI=1S/C23H33N3O2/c27-22(18-21-10-5-2-6-11-21)24-19-23(28)26-16-14-25(15-17-26)13-7-12-20-8-3-1-4-9-20/h1,3-4,7-9,12,21H,2,5-6,10-11,13-19H2,(H,24,27)/b12-7+. The molecule has 1 saturated heterocycles. The van der Waals surface area contributed by atoms with E-state index in [1.807, 2.05) is 23.1 Å². The molecule has 3 rings (SSSR count). The maximum atomic E-state index is 12.4. The normalized spacial score (nSPS) is 19.1. The molecule has 0 radical (unpaired) electrons. The van der Waals surface area contributed by atoms with Gasteiger partial charge in [0.15, 0.2) is 0 Å². The minimum absolute atomic E-state index is 0.0323. The van der Waals surface area contributed by atoms with E-state index in [1.165, 1.54) is 24.8 Å². The molecule has 2 aliphatic rings. The number of piperazine rings is 1. The van der Waals surface area contributed by atoms with Crippen LogP contribution in [-0.4, -0.2) is 60.9 Å². The maximum absolute atomic E-state index is 12.4. The summed E-state index contributed by atoms with van der Waals surface area (Å²) in [7, 11) is 0. The third-order valence-electron chi connectivity index (χ3n) is 5.83. The number of rotatable bonds is 7. The van der Waals surface area contributed by atoms with Crippen molar-refractivity contribution >= 4 is 17.9 Å². The number of hydrogen-bond acceptors (Lipinski definition) is 3. The lowest BCUT2D eigenvalue weighted by Gasteiger charge is -2.34. The quantitative estimate of drug-likeness (QED) is 0.788. The van der Waals surface area contributed by atoms with Gasteiger partial charge in [0.05, 0.1) is 6.54 Å². The Kier molecular flexibility index (Phi) is 8.09. The molecule has 0 spiro atoms. The third-order valence-corrected chi connectivity index (χ3v) is 5.83. The second-order valence-electron chi connectivity index (χ2n) is 7.98. The van der Waals surface area contributed by atoms with Crippen molar-refractivity contribution in [2.45, 2.75) is 38.5 Å². The van der Waals surface area contributed by atoms with Crippen molar-refractivity contribution in [1.82, 2.24) is 15.1 Å². The molecular weight excluding hydrogens is 350 g/mol. The summed E-state index contributed by atoms with van der Waals surface area (Å²) in [5.74, 6) is 0.581. The number of amides is 2. The van der Waals surface area contributed by atoms with Gasteiger partial charge in [-0.25, -0.2) is 0 Å². The Morgan fingerprint density at radius 1 is 1.00 bits per heavy atom. The molecular formula is C23H33N3O2. The highest BCUT2D eigenvalue weighted by molar-refractivity contribution is 5.84. The smallest absolute Gasteiger partial charge is 0.242 e. The summed E-state index contributed by atoms with van der Waals surface area (Å²) in [4.78, 5) is 28.7. The van der Waals surface area contributed by atoms with Gasteiger partial charge in [0, 0.05) is 39.1 Å². The van der Waals surface area contributed by atoms with Crippen LogP contribution in [0.4, 0.5) is 0 Å². The van der Waals surface area contributed by atoms with Crippen LogP contribution in [0.5, 0.6) is 0 Å². The van der Waals surface area contributed by atoms with Crippen LogP contribution in [0.2, 0.25) is 0 Å². The van der Waals surface area contributed by atoms with Gasteiger partial charge in [-0.05, 0) is 24.3 Å². The molecule has 1 heterocycles. The van der Waals surface area contributed by atoms with E-state index in [-0.39, 0.29) is 18.4 Å². The first-order valence-electron chi connectivity index (χ1n) is 10.7. The lowest BCUT2D eigenvalue weighted by atomic mass is 9.87. The van der Waals surface area contributed by atoms with Crippen LogP contribution < -0.4 is 5.32 Å². The topological polar surface area (TPSA) is 52.7 Å². The molecule has 0 bridgehead atoms. The van der Waals surface area contributed by atoms with Crippen molar-refractivity contribution in [2.75, 3.05) is 39.3 Å². The van der Waals surface area contributed by atoms with Crippen molar-refractivity contribution in [3.63, 3.8) is 0 Å². The molecule has 5 nitrogen and oxygen atoms in total. The van der Waals surface area contributed by atoms with Crippen LogP contribution in [0, 0.1) is 5.92 Å². The minimum Gasteiger partial charge on any atom is -0.347 e. The largest absolute Gasteiger partial charge is 0.347 e. The van der Waals surface area contributed by atoms with Crippen molar-refractivity contribution in [2.24, 2.45) is 5.92 Å². The summed E-state index contributed by atoms with van der Waals surface area (Å²) >= 11 is 0. The Morgan fingerprint density at radius 2 is 1.71 bits per heavy atom. The van der Waals surface area contributed by atoms with Crippen molar-refractivity contribution < 1.29 is 9.59 Å². The number of carbonyl (C=O) groups excluding carboxylic acids is 2. The molecule has 1 aromatic carbocycles. The third kappa shape index (κ3) is 6.79. The van der Waals surface area contributed by atoms with E-state index in [9.17, 15) is 9.59 Å². The van der Waals surface area contributed by atoms with Gasteiger partial charge in [-0.15, -0.1) is 0 Å². The minimum atomic E-state index is 0.0323. The Morgan fingerprint density at radius 3 is 2.43 bits per heavy atom. The van der Waals surface area contributed by atoms with Crippen LogP contribution in [0.25, 0.3) is 6.08 Å². The van der Waals surface area contributed by atoms with Gasteiger partial charge in [-0.2, -0.15) is 0 Å². The lowest BCUT2D eigenvalue weighted by Crippen LogP contribution is -2.51. The van der Waals surface area contributed by atoms with E-state index >= 15 is 0 Å².